The molecule has 0 unspecified atom stereocenters. The highest BCUT2D eigenvalue weighted by molar-refractivity contribution is 7.89. The molecule has 0 aliphatic heterocycles. The van der Waals surface area contributed by atoms with Gasteiger partial charge in [-0.3, -0.25) is 0 Å². The summed E-state index contributed by atoms with van der Waals surface area (Å²) in [5.74, 6) is 0.744. The predicted octanol–water partition coefficient (Wildman–Crippen LogP) is 2.19. The zero-order valence-electron chi connectivity index (χ0n) is 11.7. The van der Waals surface area contributed by atoms with Gasteiger partial charge in [0, 0.05) is 36.0 Å². The molecule has 0 aromatic carbocycles. The number of hydrogen-bond donors (Lipinski definition) is 1. The number of nitrogens with one attached hydrogen (secondary N) is 1. The molecule has 0 amide bonds. The van der Waals surface area contributed by atoms with E-state index in [2.05, 4.69) is 5.32 Å². The zero-order valence-corrected chi connectivity index (χ0v) is 13.3. The fourth-order valence-electron chi connectivity index (χ4n) is 1.84. The average molecular weight is 314 g/mol. The van der Waals surface area contributed by atoms with E-state index in [1.807, 2.05) is 14.0 Å². The first-order valence-electron chi connectivity index (χ1n) is 6.16. The number of furan rings is 1. The van der Waals surface area contributed by atoms with Crippen LogP contribution in [0.2, 0.25) is 0 Å². The molecule has 2 heterocycles. The van der Waals surface area contributed by atoms with Crippen molar-refractivity contribution >= 4 is 21.4 Å². The van der Waals surface area contributed by atoms with Crippen LogP contribution in [0.15, 0.2) is 33.1 Å². The number of hydrogen-bond acceptors (Lipinski definition) is 5. The van der Waals surface area contributed by atoms with Crippen LogP contribution in [0, 0.1) is 6.92 Å². The minimum atomic E-state index is -3.46. The van der Waals surface area contributed by atoms with Gasteiger partial charge in [0.1, 0.15) is 5.76 Å². The summed E-state index contributed by atoms with van der Waals surface area (Å²) >= 11 is 1.44. The molecule has 2 aromatic rings. The minimum absolute atomic E-state index is 0.307. The fourth-order valence-corrected chi connectivity index (χ4v) is 4.27. The number of nitrogens with zero attached hydrogens (tertiary/aromatic N) is 1. The summed E-state index contributed by atoms with van der Waals surface area (Å²) in [4.78, 5) is 1.34. The largest absolute Gasteiger partial charge is 0.469 e. The van der Waals surface area contributed by atoms with Crippen LogP contribution in [0.1, 0.15) is 16.2 Å². The molecule has 0 atom stereocenters. The lowest BCUT2D eigenvalue weighted by Crippen LogP contribution is -2.26. The number of rotatable bonds is 6. The van der Waals surface area contributed by atoms with Crippen molar-refractivity contribution < 1.29 is 12.8 Å². The minimum Gasteiger partial charge on any atom is -0.469 e. The summed E-state index contributed by atoms with van der Waals surface area (Å²) < 4.78 is 31.5. The van der Waals surface area contributed by atoms with Crippen molar-refractivity contribution in [2.45, 2.75) is 24.9 Å². The third kappa shape index (κ3) is 3.12. The molecule has 2 rings (SSSR count). The molecular formula is C13H18N2O3S2. The van der Waals surface area contributed by atoms with Crippen LogP contribution in [-0.4, -0.2) is 26.8 Å². The van der Waals surface area contributed by atoms with E-state index in [0.717, 1.165) is 16.2 Å². The third-order valence-electron chi connectivity index (χ3n) is 3.05. The standard InChI is InChI=1S/C13H18N2O3S2/c1-10-11(4-5-18-10)8-15(3)20(16,17)13-6-12(7-14-2)19-9-13/h4-6,9,14H,7-8H2,1-3H3. The van der Waals surface area contributed by atoms with Crippen LogP contribution in [0.3, 0.4) is 0 Å². The van der Waals surface area contributed by atoms with Gasteiger partial charge in [-0.15, -0.1) is 11.3 Å². The number of thiophene rings is 1. The Balaban J connectivity index is 2.18. The lowest BCUT2D eigenvalue weighted by Gasteiger charge is -2.15. The maximum Gasteiger partial charge on any atom is 0.243 e. The Hall–Kier alpha value is -1.15. The summed E-state index contributed by atoms with van der Waals surface area (Å²) in [5.41, 5.74) is 0.877. The van der Waals surface area contributed by atoms with Crippen LogP contribution >= 0.6 is 11.3 Å². The van der Waals surface area contributed by atoms with Gasteiger partial charge in [-0.05, 0) is 26.1 Å². The highest BCUT2D eigenvalue weighted by Gasteiger charge is 2.23. The van der Waals surface area contributed by atoms with Crippen molar-refractivity contribution in [2.75, 3.05) is 14.1 Å². The predicted molar refractivity (Wildman–Crippen MR) is 79.2 cm³/mol. The van der Waals surface area contributed by atoms with E-state index in [-0.39, 0.29) is 0 Å². The topological polar surface area (TPSA) is 62.6 Å². The Morgan fingerprint density at radius 3 is 2.80 bits per heavy atom. The second-order valence-corrected chi connectivity index (χ2v) is 7.58. The van der Waals surface area contributed by atoms with E-state index in [4.69, 9.17) is 4.42 Å². The number of sulfonamides is 1. The van der Waals surface area contributed by atoms with E-state index in [0.29, 0.717) is 18.0 Å². The molecule has 0 fully saturated rings. The van der Waals surface area contributed by atoms with Gasteiger partial charge >= 0.3 is 0 Å². The van der Waals surface area contributed by atoms with E-state index >= 15 is 0 Å². The van der Waals surface area contributed by atoms with Crippen LogP contribution in [-0.2, 0) is 23.1 Å². The highest BCUT2D eigenvalue weighted by atomic mass is 32.2. The van der Waals surface area contributed by atoms with Crippen LogP contribution in [0.4, 0.5) is 0 Å². The fraction of sp³-hybridized carbons (Fsp3) is 0.385. The summed E-state index contributed by atoms with van der Waals surface area (Å²) in [6.07, 6.45) is 1.57. The molecule has 110 valence electrons. The summed E-state index contributed by atoms with van der Waals surface area (Å²) in [6, 6.07) is 3.51. The Morgan fingerprint density at radius 1 is 1.45 bits per heavy atom. The molecule has 0 spiro atoms. The van der Waals surface area contributed by atoms with Gasteiger partial charge in [0.05, 0.1) is 11.2 Å². The third-order valence-corrected chi connectivity index (χ3v) is 5.92. The van der Waals surface area contributed by atoms with Crippen LogP contribution < -0.4 is 5.32 Å². The maximum atomic E-state index is 12.5. The van der Waals surface area contributed by atoms with E-state index in [1.165, 1.54) is 15.6 Å². The first kappa shape index (κ1) is 15.2. The van der Waals surface area contributed by atoms with E-state index in [9.17, 15) is 8.42 Å². The Labute approximate surface area is 123 Å². The molecule has 0 saturated carbocycles. The molecule has 1 N–H and O–H groups in total. The molecule has 7 heteroatoms. The smallest absolute Gasteiger partial charge is 0.243 e. The first-order chi connectivity index (χ1) is 9.45. The molecular weight excluding hydrogens is 296 g/mol. The zero-order chi connectivity index (χ0) is 14.8. The van der Waals surface area contributed by atoms with Crippen molar-refractivity contribution in [1.82, 2.24) is 9.62 Å². The Morgan fingerprint density at radius 2 is 2.20 bits per heavy atom. The molecule has 0 aliphatic rings. The molecule has 0 bridgehead atoms. The number of aryl methyl sites for hydroxylation is 1. The summed E-state index contributed by atoms with van der Waals surface area (Å²) in [7, 11) is -0.0394. The van der Waals surface area contributed by atoms with Gasteiger partial charge in [-0.1, -0.05) is 0 Å². The lowest BCUT2D eigenvalue weighted by atomic mass is 10.3. The highest BCUT2D eigenvalue weighted by Crippen LogP contribution is 2.23. The Bertz CT molecular complexity index is 673. The monoisotopic (exact) mass is 314 g/mol. The SMILES string of the molecule is CNCc1cc(S(=O)(=O)N(C)Cc2ccoc2C)cs1. The van der Waals surface area contributed by atoms with Crippen molar-refractivity contribution in [3.05, 3.63) is 40.0 Å². The molecule has 20 heavy (non-hydrogen) atoms. The summed E-state index contributed by atoms with van der Waals surface area (Å²) in [6.45, 7) is 2.80. The Kier molecular flexibility index (Phi) is 4.64. The van der Waals surface area contributed by atoms with E-state index < -0.39 is 10.0 Å². The van der Waals surface area contributed by atoms with Crippen molar-refractivity contribution in [3.8, 4) is 0 Å². The summed E-state index contributed by atoms with van der Waals surface area (Å²) in [5, 5.41) is 4.69. The van der Waals surface area contributed by atoms with Crippen LogP contribution in [0.25, 0.3) is 0 Å². The molecule has 2 aromatic heterocycles. The normalized spacial score (nSPS) is 12.2. The van der Waals surface area contributed by atoms with E-state index in [1.54, 1.807) is 30.8 Å². The second kappa shape index (κ2) is 6.09. The van der Waals surface area contributed by atoms with Gasteiger partial charge < -0.3 is 9.73 Å². The van der Waals surface area contributed by atoms with Gasteiger partial charge in [0.25, 0.3) is 0 Å². The van der Waals surface area contributed by atoms with Gasteiger partial charge in [-0.2, -0.15) is 4.31 Å². The quantitative estimate of drug-likeness (QED) is 0.888. The van der Waals surface area contributed by atoms with Gasteiger partial charge in [0.15, 0.2) is 0 Å². The van der Waals surface area contributed by atoms with Crippen molar-refractivity contribution in [2.24, 2.45) is 0 Å². The lowest BCUT2D eigenvalue weighted by molar-refractivity contribution is 0.459. The van der Waals surface area contributed by atoms with Gasteiger partial charge in [0.2, 0.25) is 10.0 Å². The van der Waals surface area contributed by atoms with Crippen molar-refractivity contribution in [3.63, 3.8) is 0 Å². The van der Waals surface area contributed by atoms with Gasteiger partial charge in [-0.25, -0.2) is 8.42 Å². The van der Waals surface area contributed by atoms with Crippen molar-refractivity contribution in [1.29, 1.82) is 0 Å². The van der Waals surface area contributed by atoms with Crippen LogP contribution in [0.5, 0.6) is 0 Å². The molecule has 0 aliphatic carbocycles. The molecule has 0 radical (unpaired) electrons. The molecule has 0 saturated heterocycles. The average Bonchev–Trinajstić information content (AvgIpc) is 3.00. The molecule has 5 nitrogen and oxygen atoms in total. The first-order valence-corrected chi connectivity index (χ1v) is 8.48. The maximum absolute atomic E-state index is 12.5. The second-order valence-electron chi connectivity index (χ2n) is 4.54.